The molecule has 0 bridgehead atoms. The number of fused-ring (bicyclic) bond motifs is 1. The van der Waals surface area contributed by atoms with E-state index in [2.05, 4.69) is 36.2 Å². The van der Waals surface area contributed by atoms with Crippen molar-refractivity contribution in [3.05, 3.63) is 29.3 Å². The number of ether oxygens (including phenoxy) is 1. The van der Waals surface area contributed by atoms with Gasteiger partial charge in [0.2, 0.25) is 0 Å². The second-order valence-corrected chi connectivity index (χ2v) is 5.08. The van der Waals surface area contributed by atoms with E-state index in [4.69, 9.17) is 10.00 Å². The zero-order chi connectivity index (χ0) is 13.0. The molecule has 3 nitrogen and oxygen atoms in total. The number of benzene rings is 1. The molecule has 1 aliphatic heterocycles. The van der Waals surface area contributed by atoms with Crippen molar-refractivity contribution in [3.63, 3.8) is 0 Å². The summed E-state index contributed by atoms with van der Waals surface area (Å²) in [5.41, 5.74) is 2.69. The lowest BCUT2D eigenvalue weighted by Gasteiger charge is -2.17. The van der Waals surface area contributed by atoms with Crippen LogP contribution in [-0.2, 0) is 12.8 Å². The van der Waals surface area contributed by atoms with Crippen LogP contribution in [0, 0.1) is 17.2 Å². The van der Waals surface area contributed by atoms with Crippen molar-refractivity contribution in [2.24, 2.45) is 5.92 Å². The largest absolute Gasteiger partial charge is 0.493 e. The molecule has 0 aromatic heterocycles. The molecule has 0 saturated heterocycles. The molecule has 96 valence electrons. The first kappa shape index (κ1) is 12.9. The molecule has 1 heterocycles. The number of hydrogen-bond donors (Lipinski definition) is 0. The summed E-state index contributed by atoms with van der Waals surface area (Å²) in [5.74, 6) is 1.15. The average molecular weight is 244 g/mol. The van der Waals surface area contributed by atoms with Crippen LogP contribution >= 0.6 is 0 Å². The monoisotopic (exact) mass is 244 g/mol. The molecule has 0 aliphatic carbocycles. The predicted molar refractivity (Wildman–Crippen MR) is 71.6 cm³/mol. The summed E-state index contributed by atoms with van der Waals surface area (Å²) in [7, 11) is 2.07. The van der Waals surface area contributed by atoms with E-state index in [0.29, 0.717) is 0 Å². The van der Waals surface area contributed by atoms with Crippen molar-refractivity contribution in [1.29, 1.82) is 5.26 Å². The van der Waals surface area contributed by atoms with Crippen molar-refractivity contribution in [3.8, 4) is 11.8 Å². The number of nitriles is 1. The topological polar surface area (TPSA) is 36.3 Å². The van der Waals surface area contributed by atoms with E-state index in [1.165, 1.54) is 11.1 Å². The molecule has 1 aromatic carbocycles. The van der Waals surface area contributed by atoms with Crippen molar-refractivity contribution in [2.45, 2.75) is 19.8 Å². The van der Waals surface area contributed by atoms with E-state index in [0.717, 1.165) is 38.3 Å². The smallest absolute Gasteiger partial charge is 0.122 e. The van der Waals surface area contributed by atoms with Gasteiger partial charge in [-0.25, -0.2) is 0 Å². The molecule has 3 heteroatoms. The lowest BCUT2D eigenvalue weighted by Crippen LogP contribution is -2.26. The first-order valence-electron chi connectivity index (χ1n) is 6.52. The Balaban J connectivity index is 1.85. The quantitative estimate of drug-likeness (QED) is 0.797. The van der Waals surface area contributed by atoms with Crippen molar-refractivity contribution in [1.82, 2.24) is 4.90 Å². The van der Waals surface area contributed by atoms with Gasteiger partial charge in [0.15, 0.2) is 0 Å². The summed E-state index contributed by atoms with van der Waals surface area (Å²) in [6.07, 6.45) is 2.06. The highest BCUT2D eigenvalue weighted by molar-refractivity contribution is 5.39. The second-order valence-electron chi connectivity index (χ2n) is 5.08. The minimum absolute atomic E-state index is 0.100. The molecule has 0 amide bonds. The summed E-state index contributed by atoms with van der Waals surface area (Å²) >= 11 is 0. The standard InChI is InChI=1S/C15H20N2O/c1-12(10-16)11-17(2)7-5-13-3-4-15-14(9-13)6-8-18-15/h3-4,9,12H,5-8,11H2,1-2H3. The van der Waals surface area contributed by atoms with Crippen molar-refractivity contribution in [2.75, 3.05) is 26.7 Å². The molecule has 0 saturated carbocycles. The van der Waals surface area contributed by atoms with Gasteiger partial charge in [-0.05, 0) is 37.6 Å². The van der Waals surface area contributed by atoms with Crippen LogP contribution in [0.5, 0.6) is 5.75 Å². The number of nitrogens with zero attached hydrogens (tertiary/aromatic N) is 2. The van der Waals surface area contributed by atoms with Gasteiger partial charge in [0.05, 0.1) is 18.6 Å². The van der Waals surface area contributed by atoms with E-state index in [1.54, 1.807) is 0 Å². The highest BCUT2D eigenvalue weighted by atomic mass is 16.5. The second kappa shape index (κ2) is 5.88. The van der Waals surface area contributed by atoms with Gasteiger partial charge < -0.3 is 9.64 Å². The molecular weight excluding hydrogens is 224 g/mol. The van der Waals surface area contributed by atoms with E-state index in [9.17, 15) is 0 Å². The van der Waals surface area contributed by atoms with Crippen LogP contribution in [0.3, 0.4) is 0 Å². The normalized spacial score (nSPS) is 15.0. The van der Waals surface area contributed by atoms with E-state index in [-0.39, 0.29) is 5.92 Å². The van der Waals surface area contributed by atoms with Gasteiger partial charge in [-0.2, -0.15) is 5.26 Å². The van der Waals surface area contributed by atoms with Crippen LogP contribution < -0.4 is 4.74 Å². The Bertz CT molecular complexity index is 450. The van der Waals surface area contributed by atoms with E-state index >= 15 is 0 Å². The molecule has 1 aliphatic rings. The van der Waals surface area contributed by atoms with Gasteiger partial charge >= 0.3 is 0 Å². The maximum Gasteiger partial charge on any atom is 0.122 e. The van der Waals surface area contributed by atoms with Crippen LogP contribution in [0.2, 0.25) is 0 Å². The fourth-order valence-corrected chi connectivity index (χ4v) is 2.32. The molecule has 0 fully saturated rings. The van der Waals surface area contributed by atoms with E-state index in [1.807, 2.05) is 6.92 Å². The Kier molecular flexibility index (Phi) is 4.22. The third kappa shape index (κ3) is 3.24. The third-order valence-corrected chi connectivity index (χ3v) is 3.34. The molecule has 2 rings (SSSR count). The maximum absolute atomic E-state index is 8.78. The Morgan fingerprint density at radius 3 is 3.11 bits per heavy atom. The highest BCUT2D eigenvalue weighted by Gasteiger charge is 2.12. The zero-order valence-electron chi connectivity index (χ0n) is 11.1. The van der Waals surface area contributed by atoms with Crippen LogP contribution in [-0.4, -0.2) is 31.6 Å². The summed E-state index contributed by atoms with van der Waals surface area (Å²) in [6, 6.07) is 8.75. The number of likely N-dealkylation sites (N-methyl/N-ethyl adjacent to an activating group) is 1. The number of hydrogen-bond acceptors (Lipinski definition) is 3. The van der Waals surface area contributed by atoms with Gasteiger partial charge in [0.1, 0.15) is 5.75 Å². The van der Waals surface area contributed by atoms with Crippen LogP contribution in [0.15, 0.2) is 18.2 Å². The zero-order valence-corrected chi connectivity index (χ0v) is 11.1. The number of rotatable bonds is 5. The first-order chi connectivity index (χ1) is 8.69. The summed E-state index contributed by atoms with van der Waals surface area (Å²) in [6.45, 7) is 4.61. The summed E-state index contributed by atoms with van der Waals surface area (Å²) in [5, 5.41) is 8.78. The molecule has 1 unspecified atom stereocenters. The van der Waals surface area contributed by atoms with Gasteiger partial charge in [0.25, 0.3) is 0 Å². The Morgan fingerprint density at radius 2 is 2.33 bits per heavy atom. The van der Waals surface area contributed by atoms with Crippen molar-refractivity contribution >= 4 is 0 Å². The molecule has 1 aromatic rings. The molecular formula is C15H20N2O. The Morgan fingerprint density at radius 1 is 1.50 bits per heavy atom. The maximum atomic E-state index is 8.78. The van der Waals surface area contributed by atoms with Crippen LogP contribution in [0.25, 0.3) is 0 Å². The molecule has 0 radical (unpaired) electrons. The third-order valence-electron chi connectivity index (χ3n) is 3.34. The minimum atomic E-state index is 0.100. The predicted octanol–water partition coefficient (Wildman–Crippen LogP) is 2.26. The SMILES string of the molecule is CC(C#N)CN(C)CCc1ccc2c(c1)CCO2. The fourth-order valence-electron chi connectivity index (χ4n) is 2.32. The van der Waals surface area contributed by atoms with Gasteiger partial charge in [-0.15, -0.1) is 0 Å². The molecule has 18 heavy (non-hydrogen) atoms. The minimum Gasteiger partial charge on any atom is -0.493 e. The lowest BCUT2D eigenvalue weighted by atomic mass is 10.1. The van der Waals surface area contributed by atoms with E-state index < -0.39 is 0 Å². The molecule has 1 atom stereocenters. The Labute approximate surface area is 109 Å². The average Bonchev–Trinajstić information content (AvgIpc) is 2.83. The van der Waals surface area contributed by atoms with Crippen molar-refractivity contribution < 1.29 is 4.74 Å². The van der Waals surface area contributed by atoms with Gasteiger partial charge in [-0.1, -0.05) is 12.1 Å². The highest BCUT2D eigenvalue weighted by Crippen LogP contribution is 2.25. The summed E-state index contributed by atoms with van der Waals surface area (Å²) in [4.78, 5) is 2.22. The van der Waals surface area contributed by atoms with Crippen LogP contribution in [0.1, 0.15) is 18.1 Å². The molecule has 0 N–H and O–H groups in total. The van der Waals surface area contributed by atoms with Gasteiger partial charge in [0, 0.05) is 19.5 Å². The first-order valence-corrected chi connectivity index (χ1v) is 6.52. The van der Waals surface area contributed by atoms with Crippen LogP contribution in [0.4, 0.5) is 0 Å². The Hall–Kier alpha value is -1.53. The summed E-state index contributed by atoms with van der Waals surface area (Å²) < 4.78 is 5.50. The van der Waals surface area contributed by atoms with Gasteiger partial charge in [-0.3, -0.25) is 0 Å². The molecule has 0 spiro atoms. The fraction of sp³-hybridized carbons (Fsp3) is 0.533. The lowest BCUT2D eigenvalue weighted by molar-refractivity contribution is 0.314.